The summed E-state index contributed by atoms with van der Waals surface area (Å²) in [6.07, 6.45) is 4.59. The zero-order valence-electron chi connectivity index (χ0n) is 24.1. The second kappa shape index (κ2) is 12.4. The van der Waals surface area contributed by atoms with Crippen LogP contribution >= 0.6 is 0 Å². The molecule has 1 aliphatic rings. The normalized spacial score (nSPS) is 19.2. The summed E-state index contributed by atoms with van der Waals surface area (Å²) in [6, 6.07) is 18.0. The number of esters is 1. The van der Waals surface area contributed by atoms with E-state index in [0.29, 0.717) is 11.5 Å². The SMILES string of the molecule is CC.CC(COC(=O)c1c2ccccc2cc2ccccc12)OC(C)(C)OC1CCCCC1C(C)(C)C. The van der Waals surface area contributed by atoms with Gasteiger partial charge < -0.3 is 14.2 Å². The molecule has 37 heavy (non-hydrogen) atoms. The molecule has 3 unspecified atom stereocenters. The van der Waals surface area contributed by atoms with Crippen LogP contribution in [0.4, 0.5) is 0 Å². The summed E-state index contributed by atoms with van der Waals surface area (Å²) in [5.41, 5.74) is 0.806. The van der Waals surface area contributed by atoms with Crippen LogP contribution in [-0.4, -0.2) is 30.6 Å². The molecule has 0 aliphatic heterocycles. The van der Waals surface area contributed by atoms with E-state index in [1.807, 2.05) is 83.1 Å². The van der Waals surface area contributed by atoms with E-state index in [1.54, 1.807) is 0 Å². The van der Waals surface area contributed by atoms with E-state index < -0.39 is 5.79 Å². The first-order valence-corrected chi connectivity index (χ1v) is 14.0. The first kappa shape index (κ1) is 29.1. The molecule has 0 radical (unpaired) electrons. The van der Waals surface area contributed by atoms with Gasteiger partial charge in [-0.1, -0.05) is 96.0 Å². The molecule has 1 aliphatic carbocycles. The Hall–Kier alpha value is -2.43. The van der Waals surface area contributed by atoms with Gasteiger partial charge in [0.25, 0.3) is 0 Å². The molecular formula is C33H46O4. The monoisotopic (exact) mass is 506 g/mol. The minimum absolute atomic E-state index is 0.163. The molecule has 4 rings (SSSR count). The van der Waals surface area contributed by atoms with Crippen molar-refractivity contribution >= 4 is 27.5 Å². The quantitative estimate of drug-likeness (QED) is 0.182. The van der Waals surface area contributed by atoms with Crippen molar-refractivity contribution in [3.05, 3.63) is 60.2 Å². The number of rotatable bonds is 7. The average molecular weight is 507 g/mol. The molecule has 0 saturated heterocycles. The summed E-state index contributed by atoms with van der Waals surface area (Å²) in [6.45, 7) is 16.9. The Morgan fingerprint density at radius 3 is 2.00 bits per heavy atom. The van der Waals surface area contributed by atoms with E-state index in [2.05, 4.69) is 26.8 Å². The lowest BCUT2D eigenvalue weighted by atomic mass is 9.70. The van der Waals surface area contributed by atoms with Crippen molar-refractivity contribution in [2.75, 3.05) is 6.61 Å². The standard InChI is InChI=1S/C31H40O4.C2H6/c1-21(34-31(5,6)35-27-18-12-11-17-26(27)30(2,3)4)20-33-29(32)28-24-15-9-7-13-22(24)19-23-14-8-10-16-25(23)28;1-2/h7-10,13-16,19,21,26-27H,11-12,17-18,20H2,1-6H3;1-2H3. The van der Waals surface area contributed by atoms with Crippen molar-refractivity contribution in [2.24, 2.45) is 11.3 Å². The van der Waals surface area contributed by atoms with Gasteiger partial charge in [0.15, 0.2) is 5.79 Å². The highest BCUT2D eigenvalue weighted by Gasteiger charge is 2.38. The number of hydrogen-bond donors (Lipinski definition) is 0. The maximum absolute atomic E-state index is 13.3. The molecule has 0 N–H and O–H groups in total. The van der Waals surface area contributed by atoms with Crippen LogP contribution < -0.4 is 0 Å². The number of carbonyl (C=O) groups is 1. The lowest BCUT2D eigenvalue weighted by Gasteiger charge is -2.43. The number of ether oxygens (including phenoxy) is 3. The number of fused-ring (bicyclic) bond motifs is 2. The highest BCUT2D eigenvalue weighted by Crippen LogP contribution is 2.41. The summed E-state index contributed by atoms with van der Waals surface area (Å²) < 4.78 is 18.6. The van der Waals surface area contributed by atoms with Gasteiger partial charge in [0.2, 0.25) is 0 Å². The van der Waals surface area contributed by atoms with Gasteiger partial charge in [-0.25, -0.2) is 4.79 Å². The molecule has 0 spiro atoms. The van der Waals surface area contributed by atoms with E-state index in [0.717, 1.165) is 28.0 Å². The Morgan fingerprint density at radius 1 is 0.892 bits per heavy atom. The maximum Gasteiger partial charge on any atom is 0.339 e. The van der Waals surface area contributed by atoms with Crippen LogP contribution in [-0.2, 0) is 14.2 Å². The zero-order valence-corrected chi connectivity index (χ0v) is 24.1. The highest BCUT2D eigenvalue weighted by molar-refractivity contribution is 6.16. The number of carbonyl (C=O) groups excluding carboxylic acids is 1. The van der Waals surface area contributed by atoms with Crippen molar-refractivity contribution in [1.82, 2.24) is 0 Å². The number of benzene rings is 3. The summed E-state index contributed by atoms with van der Waals surface area (Å²) in [5.74, 6) is -0.581. The second-order valence-corrected chi connectivity index (χ2v) is 11.5. The van der Waals surface area contributed by atoms with Crippen molar-refractivity contribution in [2.45, 2.75) is 99.1 Å². The van der Waals surface area contributed by atoms with E-state index in [9.17, 15) is 4.79 Å². The third-order valence-electron chi connectivity index (χ3n) is 7.16. The van der Waals surface area contributed by atoms with E-state index in [-0.39, 0.29) is 30.2 Å². The fourth-order valence-corrected chi connectivity index (χ4v) is 5.64. The summed E-state index contributed by atoms with van der Waals surface area (Å²) in [7, 11) is 0. The lowest BCUT2D eigenvalue weighted by molar-refractivity contribution is -0.274. The third kappa shape index (κ3) is 7.33. The minimum atomic E-state index is -0.760. The van der Waals surface area contributed by atoms with Crippen LogP contribution in [0.15, 0.2) is 54.6 Å². The van der Waals surface area contributed by atoms with E-state index in [1.165, 1.54) is 19.3 Å². The largest absolute Gasteiger partial charge is 0.459 e. The summed E-state index contributed by atoms with van der Waals surface area (Å²) in [4.78, 5) is 13.3. The van der Waals surface area contributed by atoms with Crippen LogP contribution in [0.2, 0.25) is 0 Å². The Bertz CT molecular complexity index is 1120. The third-order valence-corrected chi connectivity index (χ3v) is 7.16. The van der Waals surface area contributed by atoms with Gasteiger partial charge in [0.1, 0.15) is 6.61 Å². The molecule has 0 bridgehead atoms. The van der Waals surface area contributed by atoms with Crippen molar-refractivity contribution in [3.63, 3.8) is 0 Å². The summed E-state index contributed by atoms with van der Waals surface area (Å²) in [5, 5.41) is 3.86. The average Bonchev–Trinajstić information content (AvgIpc) is 2.86. The van der Waals surface area contributed by atoms with Crippen molar-refractivity contribution in [1.29, 1.82) is 0 Å². The first-order chi connectivity index (χ1) is 17.5. The molecule has 3 atom stereocenters. The van der Waals surface area contributed by atoms with Crippen LogP contribution in [0.3, 0.4) is 0 Å². The first-order valence-electron chi connectivity index (χ1n) is 14.0. The molecule has 3 aromatic rings. The molecule has 1 saturated carbocycles. The van der Waals surface area contributed by atoms with Crippen LogP contribution in [0.5, 0.6) is 0 Å². The number of hydrogen-bond acceptors (Lipinski definition) is 4. The molecule has 202 valence electrons. The zero-order chi connectivity index (χ0) is 27.2. The van der Waals surface area contributed by atoms with Gasteiger partial charge in [0, 0.05) is 0 Å². The summed E-state index contributed by atoms with van der Waals surface area (Å²) >= 11 is 0. The Morgan fingerprint density at radius 2 is 1.43 bits per heavy atom. The van der Waals surface area contributed by atoms with Crippen molar-refractivity contribution in [3.8, 4) is 0 Å². The van der Waals surface area contributed by atoms with Crippen LogP contribution in [0.25, 0.3) is 21.5 Å². The van der Waals surface area contributed by atoms with Gasteiger partial charge in [-0.05, 0) is 72.6 Å². The topological polar surface area (TPSA) is 44.8 Å². The van der Waals surface area contributed by atoms with E-state index >= 15 is 0 Å². The fraction of sp³-hybridized carbons (Fsp3) is 0.545. The molecule has 3 aromatic carbocycles. The predicted molar refractivity (Wildman–Crippen MR) is 154 cm³/mol. The molecule has 0 amide bonds. The van der Waals surface area contributed by atoms with Crippen molar-refractivity contribution < 1.29 is 19.0 Å². The molecular weight excluding hydrogens is 460 g/mol. The van der Waals surface area contributed by atoms with Gasteiger partial charge in [-0.3, -0.25) is 0 Å². The second-order valence-electron chi connectivity index (χ2n) is 11.5. The van der Waals surface area contributed by atoms with Crippen LogP contribution in [0.1, 0.15) is 91.4 Å². The van der Waals surface area contributed by atoms with Gasteiger partial charge in [0.05, 0.1) is 17.8 Å². The van der Waals surface area contributed by atoms with Crippen LogP contribution in [0, 0.1) is 11.3 Å². The minimum Gasteiger partial charge on any atom is -0.459 e. The molecule has 4 nitrogen and oxygen atoms in total. The Balaban J connectivity index is 0.00000186. The fourth-order valence-electron chi connectivity index (χ4n) is 5.64. The van der Waals surface area contributed by atoms with Gasteiger partial charge >= 0.3 is 5.97 Å². The van der Waals surface area contributed by atoms with Gasteiger partial charge in [-0.15, -0.1) is 0 Å². The molecule has 4 heteroatoms. The Labute approximate surface area is 223 Å². The highest BCUT2D eigenvalue weighted by atomic mass is 16.7. The lowest BCUT2D eigenvalue weighted by Crippen LogP contribution is -2.44. The molecule has 0 heterocycles. The van der Waals surface area contributed by atoms with E-state index in [4.69, 9.17) is 14.2 Å². The molecule has 1 fully saturated rings. The predicted octanol–water partition coefficient (Wildman–Crippen LogP) is 8.94. The van der Waals surface area contributed by atoms with Gasteiger partial charge in [-0.2, -0.15) is 0 Å². The molecule has 0 aromatic heterocycles. The maximum atomic E-state index is 13.3. The smallest absolute Gasteiger partial charge is 0.339 e. The Kier molecular flexibility index (Phi) is 9.77.